The number of nitrogens with one attached hydrogen (secondary N) is 2. The Labute approximate surface area is 130 Å². The summed E-state index contributed by atoms with van der Waals surface area (Å²) in [6.07, 6.45) is 0.399. The Kier molecular flexibility index (Phi) is 4.80. The Morgan fingerprint density at radius 3 is 2.57 bits per heavy atom. The van der Waals surface area contributed by atoms with E-state index >= 15 is 0 Å². The quantitative estimate of drug-likeness (QED) is 0.876. The lowest BCUT2D eigenvalue weighted by molar-refractivity contribution is -0.115. The lowest BCUT2D eigenvalue weighted by Crippen LogP contribution is -2.13. The van der Waals surface area contributed by atoms with Crippen molar-refractivity contribution in [3.8, 4) is 0 Å². The molecule has 1 heterocycles. The van der Waals surface area contributed by atoms with Gasteiger partial charge in [-0.2, -0.15) is 0 Å². The van der Waals surface area contributed by atoms with E-state index in [1.807, 2.05) is 13.0 Å². The van der Waals surface area contributed by atoms with Crippen LogP contribution in [0.5, 0.6) is 0 Å². The number of rotatable bonds is 4. The van der Waals surface area contributed by atoms with Crippen molar-refractivity contribution >= 4 is 39.1 Å². The summed E-state index contributed by atoms with van der Waals surface area (Å²) < 4.78 is 5.68. The Hall–Kier alpha value is -2.08. The van der Waals surface area contributed by atoms with Gasteiger partial charge in [0.25, 0.3) is 5.91 Å². The smallest absolute Gasteiger partial charge is 0.291 e. The molecule has 0 saturated carbocycles. The average Bonchev–Trinajstić information content (AvgIpc) is 2.89. The minimum atomic E-state index is -0.350. The van der Waals surface area contributed by atoms with E-state index in [-0.39, 0.29) is 17.6 Å². The molecule has 2 amide bonds. The maximum absolute atomic E-state index is 12.0. The van der Waals surface area contributed by atoms with E-state index in [0.29, 0.717) is 22.5 Å². The molecule has 6 heteroatoms. The highest BCUT2D eigenvalue weighted by Gasteiger charge is 2.11. The Morgan fingerprint density at radius 1 is 1.19 bits per heavy atom. The standard InChI is InChI=1S/C15H15BrN2O3/c1-3-14(19)18-11-8-10(5-4-9(11)2)17-15(20)12-6-7-13(16)21-12/h4-8H,3H2,1-2H3,(H,17,20)(H,18,19). The molecule has 0 fully saturated rings. The lowest BCUT2D eigenvalue weighted by atomic mass is 10.1. The lowest BCUT2D eigenvalue weighted by Gasteiger charge is -2.10. The first kappa shape index (κ1) is 15.3. The van der Waals surface area contributed by atoms with Gasteiger partial charge in [-0.15, -0.1) is 0 Å². The van der Waals surface area contributed by atoms with Gasteiger partial charge in [-0.05, 0) is 52.7 Å². The van der Waals surface area contributed by atoms with Crippen molar-refractivity contribution in [1.29, 1.82) is 0 Å². The topological polar surface area (TPSA) is 71.3 Å². The molecule has 2 rings (SSSR count). The van der Waals surface area contributed by atoms with Crippen LogP contribution in [0, 0.1) is 6.92 Å². The van der Waals surface area contributed by atoms with E-state index in [1.165, 1.54) is 0 Å². The van der Waals surface area contributed by atoms with Crippen molar-refractivity contribution in [3.63, 3.8) is 0 Å². The normalized spacial score (nSPS) is 10.2. The molecule has 0 atom stereocenters. The first-order chi connectivity index (χ1) is 9.99. The van der Waals surface area contributed by atoms with E-state index in [9.17, 15) is 9.59 Å². The number of carbonyl (C=O) groups excluding carboxylic acids is 2. The van der Waals surface area contributed by atoms with Gasteiger partial charge < -0.3 is 15.1 Å². The maximum atomic E-state index is 12.0. The number of aryl methyl sites for hydroxylation is 1. The molecule has 0 spiro atoms. The monoisotopic (exact) mass is 350 g/mol. The highest BCUT2D eigenvalue weighted by Crippen LogP contribution is 2.22. The Bertz CT molecular complexity index is 679. The third kappa shape index (κ3) is 3.95. The minimum Gasteiger partial charge on any atom is -0.444 e. The number of halogens is 1. The van der Waals surface area contributed by atoms with Crippen molar-refractivity contribution in [2.75, 3.05) is 10.6 Å². The van der Waals surface area contributed by atoms with E-state index in [4.69, 9.17) is 4.42 Å². The van der Waals surface area contributed by atoms with Gasteiger partial charge in [0.2, 0.25) is 5.91 Å². The largest absolute Gasteiger partial charge is 0.444 e. The third-order valence-corrected chi connectivity index (χ3v) is 3.31. The summed E-state index contributed by atoms with van der Waals surface area (Å²) >= 11 is 3.15. The number of benzene rings is 1. The molecule has 1 aromatic heterocycles. The van der Waals surface area contributed by atoms with Gasteiger partial charge in [0.05, 0.1) is 0 Å². The van der Waals surface area contributed by atoms with Crippen LogP contribution in [-0.4, -0.2) is 11.8 Å². The summed E-state index contributed by atoms with van der Waals surface area (Å²) in [6, 6.07) is 8.55. The third-order valence-electron chi connectivity index (χ3n) is 2.89. The highest BCUT2D eigenvalue weighted by atomic mass is 79.9. The summed E-state index contributed by atoms with van der Waals surface area (Å²) in [4.78, 5) is 23.5. The molecular weight excluding hydrogens is 336 g/mol. The summed E-state index contributed by atoms with van der Waals surface area (Å²) in [6.45, 7) is 3.67. The maximum Gasteiger partial charge on any atom is 0.291 e. The minimum absolute atomic E-state index is 0.0726. The van der Waals surface area contributed by atoms with E-state index in [0.717, 1.165) is 5.56 Å². The van der Waals surface area contributed by atoms with E-state index in [2.05, 4.69) is 26.6 Å². The molecule has 0 unspecified atom stereocenters. The Morgan fingerprint density at radius 2 is 1.95 bits per heavy atom. The van der Waals surface area contributed by atoms with Crippen molar-refractivity contribution in [3.05, 3.63) is 46.3 Å². The Balaban J connectivity index is 2.15. The second-order valence-corrected chi connectivity index (χ2v) is 5.27. The molecule has 21 heavy (non-hydrogen) atoms. The molecule has 0 bridgehead atoms. The van der Waals surface area contributed by atoms with Gasteiger partial charge in [0, 0.05) is 17.8 Å². The van der Waals surface area contributed by atoms with Gasteiger partial charge in [-0.3, -0.25) is 9.59 Å². The molecule has 110 valence electrons. The van der Waals surface area contributed by atoms with Gasteiger partial charge in [-0.25, -0.2) is 0 Å². The number of hydrogen-bond acceptors (Lipinski definition) is 3. The highest BCUT2D eigenvalue weighted by molar-refractivity contribution is 9.10. The molecule has 0 aliphatic heterocycles. The SMILES string of the molecule is CCC(=O)Nc1cc(NC(=O)c2ccc(Br)o2)ccc1C. The molecule has 0 aliphatic carbocycles. The van der Waals surface area contributed by atoms with Gasteiger partial charge >= 0.3 is 0 Å². The molecule has 0 saturated heterocycles. The zero-order chi connectivity index (χ0) is 15.4. The van der Waals surface area contributed by atoms with Crippen molar-refractivity contribution in [2.45, 2.75) is 20.3 Å². The first-order valence-corrected chi connectivity index (χ1v) is 7.26. The summed E-state index contributed by atoms with van der Waals surface area (Å²) in [7, 11) is 0. The van der Waals surface area contributed by atoms with Crippen LogP contribution in [-0.2, 0) is 4.79 Å². The van der Waals surface area contributed by atoms with Crippen LogP contribution < -0.4 is 10.6 Å². The predicted octanol–water partition coefficient (Wildman–Crippen LogP) is 3.95. The zero-order valence-electron chi connectivity index (χ0n) is 11.7. The van der Waals surface area contributed by atoms with Crippen LogP contribution in [0.3, 0.4) is 0 Å². The number of furan rings is 1. The fourth-order valence-corrected chi connectivity index (χ4v) is 2.01. The van der Waals surface area contributed by atoms with Crippen molar-refractivity contribution < 1.29 is 14.0 Å². The van der Waals surface area contributed by atoms with Crippen LogP contribution >= 0.6 is 15.9 Å². The molecule has 1 aromatic carbocycles. The second-order valence-electron chi connectivity index (χ2n) is 4.49. The van der Waals surface area contributed by atoms with Crippen LogP contribution in [0.1, 0.15) is 29.5 Å². The molecule has 0 radical (unpaired) electrons. The molecule has 2 N–H and O–H groups in total. The number of amides is 2. The van der Waals surface area contributed by atoms with E-state index < -0.39 is 0 Å². The molecule has 5 nitrogen and oxygen atoms in total. The molecule has 2 aromatic rings. The number of hydrogen-bond donors (Lipinski definition) is 2. The van der Waals surface area contributed by atoms with Gasteiger partial charge in [0.1, 0.15) is 0 Å². The number of carbonyl (C=O) groups is 2. The fourth-order valence-electron chi connectivity index (χ4n) is 1.70. The molecular formula is C15H15BrN2O3. The van der Waals surface area contributed by atoms with Gasteiger partial charge in [-0.1, -0.05) is 13.0 Å². The van der Waals surface area contributed by atoms with Crippen LogP contribution in [0.2, 0.25) is 0 Å². The summed E-state index contributed by atoms with van der Waals surface area (Å²) in [5, 5.41) is 5.52. The van der Waals surface area contributed by atoms with Crippen LogP contribution in [0.25, 0.3) is 0 Å². The van der Waals surface area contributed by atoms with Crippen LogP contribution in [0.15, 0.2) is 39.4 Å². The second kappa shape index (κ2) is 6.58. The zero-order valence-corrected chi connectivity index (χ0v) is 13.3. The van der Waals surface area contributed by atoms with E-state index in [1.54, 1.807) is 31.2 Å². The fraction of sp³-hybridized carbons (Fsp3) is 0.200. The predicted molar refractivity (Wildman–Crippen MR) is 84.5 cm³/mol. The average molecular weight is 351 g/mol. The van der Waals surface area contributed by atoms with Gasteiger partial charge in [0.15, 0.2) is 10.4 Å². The number of anilines is 2. The van der Waals surface area contributed by atoms with Crippen molar-refractivity contribution in [2.24, 2.45) is 0 Å². The summed E-state index contributed by atoms with van der Waals surface area (Å²) in [5.74, 6) is -0.213. The van der Waals surface area contributed by atoms with Crippen molar-refractivity contribution in [1.82, 2.24) is 0 Å². The summed E-state index contributed by atoms with van der Waals surface area (Å²) in [5.41, 5.74) is 2.19. The van der Waals surface area contributed by atoms with Crippen LogP contribution in [0.4, 0.5) is 11.4 Å². The first-order valence-electron chi connectivity index (χ1n) is 6.46. The molecule has 0 aliphatic rings.